The van der Waals surface area contributed by atoms with Gasteiger partial charge in [-0.05, 0) is 25.1 Å². The number of methoxy groups -OCH3 is 3. The Bertz CT molecular complexity index is 1180. The molecule has 0 saturated carbocycles. The number of nitrogens with zero attached hydrogens (tertiary/aromatic N) is 7. The van der Waals surface area contributed by atoms with Gasteiger partial charge in [0.05, 0.1) is 50.7 Å². The third-order valence-corrected chi connectivity index (χ3v) is 4.82. The minimum atomic E-state index is -0.104. The third kappa shape index (κ3) is 4.93. The molecule has 1 unspecified atom stereocenters. The highest BCUT2D eigenvalue weighted by molar-refractivity contribution is 5.68. The molecule has 33 heavy (non-hydrogen) atoms. The lowest BCUT2D eigenvalue weighted by Gasteiger charge is -2.16. The maximum Gasteiger partial charge on any atom is 0.213 e. The maximum atomic E-state index is 5.91. The molecule has 0 aliphatic heterocycles. The molecule has 1 atom stereocenters. The van der Waals surface area contributed by atoms with E-state index in [4.69, 9.17) is 18.9 Å². The van der Waals surface area contributed by atoms with Crippen LogP contribution in [0.1, 0.15) is 12.7 Å². The molecule has 3 heterocycles. The molecule has 0 spiro atoms. The zero-order chi connectivity index (χ0) is 23.2. The lowest BCUT2D eigenvalue weighted by atomic mass is 10.1. The van der Waals surface area contributed by atoms with E-state index in [9.17, 15) is 0 Å². The second kappa shape index (κ2) is 10.1. The molecule has 4 rings (SSSR count). The molecule has 3 aromatic heterocycles. The fraction of sp³-hybridized carbons (Fsp3) is 0.318. The van der Waals surface area contributed by atoms with E-state index in [1.165, 1.54) is 4.80 Å². The first kappa shape index (κ1) is 22.2. The number of ether oxygens (including phenoxy) is 4. The van der Waals surface area contributed by atoms with Crippen molar-refractivity contribution in [2.75, 3.05) is 27.9 Å². The van der Waals surface area contributed by atoms with Crippen LogP contribution in [0.2, 0.25) is 0 Å². The summed E-state index contributed by atoms with van der Waals surface area (Å²) >= 11 is 0. The summed E-state index contributed by atoms with van der Waals surface area (Å²) in [5.74, 6) is 2.98. The van der Waals surface area contributed by atoms with Gasteiger partial charge in [0, 0.05) is 19.2 Å². The van der Waals surface area contributed by atoms with Crippen LogP contribution in [-0.4, -0.2) is 68.8 Å². The zero-order valence-electron chi connectivity index (χ0n) is 18.9. The highest BCUT2D eigenvalue weighted by atomic mass is 16.5. The van der Waals surface area contributed by atoms with Crippen molar-refractivity contribution < 1.29 is 18.9 Å². The molecule has 11 heteroatoms. The number of hydrogen-bond donors (Lipinski definition) is 0. The summed E-state index contributed by atoms with van der Waals surface area (Å²) in [5.41, 5.74) is 1.50. The lowest BCUT2D eigenvalue weighted by molar-refractivity contribution is 0.0919. The van der Waals surface area contributed by atoms with Gasteiger partial charge in [0.15, 0.2) is 11.6 Å². The van der Waals surface area contributed by atoms with E-state index in [1.54, 1.807) is 46.0 Å². The molecule has 0 N–H and O–H groups in total. The lowest BCUT2D eigenvalue weighted by Crippen LogP contribution is -2.17. The Morgan fingerprint density at radius 3 is 2.45 bits per heavy atom. The van der Waals surface area contributed by atoms with Gasteiger partial charge in [-0.15, -0.1) is 10.2 Å². The van der Waals surface area contributed by atoms with Gasteiger partial charge in [0.1, 0.15) is 24.1 Å². The molecular formula is C22H25N7O4. The van der Waals surface area contributed by atoms with E-state index >= 15 is 0 Å². The molecule has 0 amide bonds. The first-order valence-corrected chi connectivity index (χ1v) is 10.3. The van der Waals surface area contributed by atoms with Gasteiger partial charge >= 0.3 is 0 Å². The van der Waals surface area contributed by atoms with Crippen LogP contribution in [0.3, 0.4) is 0 Å². The minimum Gasteiger partial charge on any atom is -0.496 e. The predicted octanol–water partition coefficient (Wildman–Crippen LogP) is 2.40. The first-order valence-electron chi connectivity index (χ1n) is 10.3. The molecular weight excluding hydrogens is 426 g/mol. The molecule has 0 aliphatic rings. The quantitative estimate of drug-likeness (QED) is 0.359. The van der Waals surface area contributed by atoms with E-state index in [1.807, 2.05) is 35.8 Å². The van der Waals surface area contributed by atoms with E-state index in [0.717, 1.165) is 11.3 Å². The fourth-order valence-electron chi connectivity index (χ4n) is 3.37. The average molecular weight is 451 g/mol. The summed E-state index contributed by atoms with van der Waals surface area (Å²) < 4.78 is 23.8. The Hall–Kier alpha value is -3.99. The monoisotopic (exact) mass is 451 g/mol. The van der Waals surface area contributed by atoms with Crippen LogP contribution in [0.5, 0.6) is 17.4 Å². The largest absolute Gasteiger partial charge is 0.496 e. The Morgan fingerprint density at radius 1 is 0.970 bits per heavy atom. The highest BCUT2D eigenvalue weighted by Gasteiger charge is 2.21. The van der Waals surface area contributed by atoms with Crippen LogP contribution in [-0.2, 0) is 11.3 Å². The van der Waals surface area contributed by atoms with Crippen LogP contribution in [0.15, 0.2) is 48.9 Å². The molecule has 0 saturated heterocycles. The van der Waals surface area contributed by atoms with Crippen molar-refractivity contribution in [3.8, 4) is 34.5 Å². The van der Waals surface area contributed by atoms with Crippen LogP contribution >= 0.6 is 0 Å². The molecule has 1 aromatic carbocycles. The first-order chi connectivity index (χ1) is 16.1. The van der Waals surface area contributed by atoms with Crippen molar-refractivity contribution in [2.24, 2.45) is 0 Å². The van der Waals surface area contributed by atoms with Crippen molar-refractivity contribution in [3.63, 3.8) is 0 Å². The number of rotatable bonds is 10. The van der Waals surface area contributed by atoms with Gasteiger partial charge in [-0.25, -0.2) is 4.98 Å². The van der Waals surface area contributed by atoms with Crippen molar-refractivity contribution in [3.05, 3.63) is 54.7 Å². The SMILES string of the molecule is COCC(C)Oc1ccc(-c2nnc(Cn3nccn3)n2-c2ccc(OC)nc2)c(OC)c1. The second-order valence-electron chi connectivity index (χ2n) is 7.14. The van der Waals surface area contributed by atoms with Crippen molar-refractivity contribution in [1.29, 1.82) is 0 Å². The fourth-order valence-corrected chi connectivity index (χ4v) is 3.37. The number of aromatic nitrogens is 7. The standard InChI is InChI=1S/C22H25N7O4/c1-15(14-30-2)33-17-6-7-18(19(11-17)31-3)22-27-26-20(13-28-24-9-10-25-28)29(22)16-5-8-21(32-4)23-12-16/h5-12,15H,13-14H2,1-4H3. The average Bonchev–Trinajstić information content (AvgIpc) is 3.49. The number of hydrogen-bond acceptors (Lipinski definition) is 9. The minimum absolute atomic E-state index is 0.104. The Kier molecular flexibility index (Phi) is 6.79. The summed E-state index contributed by atoms with van der Waals surface area (Å²) in [6.07, 6.45) is 4.82. The van der Waals surface area contributed by atoms with Crippen molar-refractivity contribution >= 4 is 0 Å². The van der Waals surface area contributed by atoms with Crippen LogP contribution in [0, 0.1) is 0 Å². The normalized spacial score (nSPS) is 11.9. The molecule has 4 aromatic rings. The Balaban J connectivity index is 1.77. The Labute approximate surface area is 190 Å². The van der Waals surface area contributed by atoms with Gasteiger partial charge in [-0.3, -0.25) is 4.57 Å². The van der Waals surface area contributed by atoms with E-state index in [0.29, 0.717) is 42.2 Å². The molecule has 0 fully saturated rings. The number of pyridine rings is 1. The highest BCUT2D eigenvalue weighted by Crippen LogP contribution is 2.34. The number of benzene rings is 1. The smallest absolute Gasteiger partial charge is 0.213 e. The predicted molar refractivity (Wildman–Crippen MR) is 119 cm³/mol. The molecule has 0 bridgehead atoms. The van der Waals surface area contributed by atoms with Gasteiger partial charge in [-0.2, -0.15) is 15.0 Å². The summed E-state index contributed by atoms with van der Waals surface area (Å²) in [4.78, 5) is 5.87. The molecule has 0 aliphatic carbocycles. The summed E-state index contributed by atoms with van der Waals surface area (Å²) in [6, 6.07) is 9.24. The topological polar surface area (TPSA) is 111 Å². The summed E-state index contributed by atoms with van der Waals surface area (Å²) in [6.45, 7) is 2.74. The molecule has 0 radical (unpaired) electrons. The van der Waals surface area contributed by atoms with E-state index in [2.05, 4.69) is 25.4 Å². The molecule has 172 valence electrons. The van der Waals surface area contributed by atoms with Gasteiger partial charge in [-0.1, -0.05) is 0 Å². The van der Waals surface area contributed by atoms with E-state index < -0.39 is 0 Å². The Morgan fingerprint density at radius 2 is 1.79 bits per heavy atom. The zero-order valence-corrected chi connectivity index (χ0v) is 18.9. The van der Waals surface area contributed by atoms with Gasteiger partial charge in [0.2, 0.25) is 5.88 Å². The summed E-state index contributed by atoms with van der Waals surface area (Å²) in [5, 5.41) is 17.2. The maximum absolute atomic E-state index is 5.91. The van der Waals surface area contributed by atoms with Gasteiger partial charge in [0.25, 0.3) is 0 Å². The van der Waals surface area contributed by atoms with E-state index in [-0.39, 0.29) is 6.10 Å². The van der Waals surface area contributed by atoms with Crippen LogP contribution < -0.4 is 14.2 Å². The van der Waals surface area contributed by atoms with Crippen LogP contribution in [0.25, 0.3) is 17.1 Å². The third-order valence-electron chi connectivity index (χ3n) is 4.82. The van der Waals surface area contributed by atoms with Crippen molar-refractivity contribution in [2.45, 2.75) is 19.6 Å². The van der Waals surface area contributed by atoms with Gasteiger partial charge < -0.3 is 18.9 Å². The van der Waals surface area contributed by atoms with Crippen molar-refractivity contribution in [1.82, 2.24) is 34.7 Å². The second-order valence-corrected chi connectivity index (χ2v) is 7.14. The molecule has 11 nitrogen and oxygen atoms in total. The van der Waals surface area contributed by atoms with Crippen LogP contribution in [0.4, 0.5) is 0 Å². The summed E-state index contributed by atoms with van der Waals surface area (Å²) in [7, 11) is 4.81.